The minimum Gasteiger partial charge on any atom is -0.788 e. The number of hydrogen-bond donors (Lipinski definition) is 1. The van der Waals surface area contributed by atoms with Gasteiger partial charge in [-0.25, -0.2) is 4.98 Å². The minimum absolute atomic E-state index is 0.311. The van der Waals surface area contributed by atoms with Crippen LogP contribution in [0.25, 0.3) is 17.0 Å². The summed E-state index contributed by atoms with van der Waals surface area (Å²) in [5.41, 5.74) is 5.45. The van der Waals surface area contributed by atoms with Crippen LogP contribution < -0.4 is 5.48 Å². The van der Waals surface area contributed by atoms with E-state index in [9.17, 15) is 5.21 Å². The van der Waals surface area contributed by atoms with Crippen LogP contribution in [-0.2, 0) is 0 Å². The smallest absolute Gasteiger partial charge is 0.0893 e. The predicted molar refractivity (Wildman–Crippen MR) is 81.6 cm³/mol. The van der Waals surface area contributed by atoms with Gasteiger partial charge >= 0.3 is 0 Å². The molecule has 0 aliphatic rings. The number of nitrogens with zero attached hydrogens (tertiary/aromatic N) is 2. The number of nitrogens with one attached hydrogen (secondary N) is 1. The van der Waals surface area contributed by atoms with E-state index in [0.717, 1.165) is 22.7 Å². The first-order valence-corrected chi connectivity index (χ1v) is 6.38. The van der Waals surface area contributed by atoms with Gasteiger partial charge in [0.1, 0.15) is 0 Å². The maximum atomic E-state index is 10.1. The first-order valence-electron chi connectivity index (χ1n) is 6.38. The van der Waals surface area contributed by atoms with E-state index >= 15 is 0 Å². The zero-order chi connectivity index (χ0) is 14.2. The van der Waals surface area contributed by atoms with Crippen LogP contribution in [-0.4, -0.2) is 16.5 Å². The molecule has 0 bridgehead atoms. The summed E-state index contributed by atoms with van der Waals surface area (Å²) in [6.45, 7) is 2.30. The largest absolute Gasteiger partial charge is 0.788 e. The summed E-state index contributed by atoms with van der Waals surface area (Å²) in [7, 11) is 0. The number of pyridine rings is 2. The predicted octanol–water partition coefficient (Wildman–Crippen LogP) is 3.19. The lowest BCUT2D eigenvalue weighted by Crippen LogP contribution is -2.00. The van der Waals surface area contributed by atoms with Gasteiger partial charge in [0.25, 0.3) is 0 Å². The molecule has 0 aromatic carbocycles. The molecule has 0 radical (unpaired) electrons. The Morgan fingerprint density at radius 1 is 1.20 bits per heavy atom. The molecule has 0 saturated heterocycles. The average molecular weight is 266 g/mol. The van der Waals surface area contributed by atoms with E-state index in [2.05, 4.69) is 9.97 Å². The molecular weight excluding hydrogens is 250 g/mol. The monoisotopic (exact) mass is 266 g/mol. The fraction of sp³-hybridized carbons (Fsp3) is 0.125. The number of aromatic nitrogens is 2. The molecule has 102 valence electrons. The molecular formula is C16H16N3O-. The fourth-order valence-corrected chi connectivity index (χ4v) is 1.73. The van der Waals surface area contributed by atoms with Crippen LogP contribution in [0, 0.1) is 5.21 Å². The summed E-state index contributed by atoms with van der Waals surface area (Å²) in [6.07, 6.45) is 7.29. The third-order valence-corrected chi connectivity index (χ3v) is 2.76. The minimum atomic E-state index is 0.311. The van der Waals surface area contributed by atoms with E-state index in [0.29, 0.717) is 6.54 Å². The van der Waals surface area contributed by atoms with Crippen molar-refractivity contribution >= 4 is 5.57 Å². The molecule has 0 amide bonds. The Labute approximate surface area is 118 Å². The van der Waals surface area contributed by atoms with Gasteiger partial charge in [0.05, 0.1) is 17.1 Å². The molecule has 0 spiro atoms. The van der Waals surface area contributed by atoms with Crippen LogP contribution >= 0.6 is 0 Å². The third kappa shape index (κ3) is 3.85. The van der Waals surface area contributed by atoms with Crippen molar-refractivity contribution in [2.75, 3.05) is 6.54 Å². The quantitative estimate of drug-likeness (QED) is 0.667. The van der Waals surface area contributed by atoms with Gasteiger partial charge in [-0.15, -0.1) is 0 Å². The Kier molecular flexibility index (Phi) is 5.17. The molecule has 2 aromatic heterocycles. The van der Waals surface area contributed by atoms with Crippen LogP contribution in [0.4, 0.5) is 0 Å². The SMILES string of the molecule is C/C(=C\C=C/CN[O-])c1cccc(-c2ccccn2)n1. The summed E-state index contributed by atoms with van der Waals surface area (Å²) in [4.78, 5) is 8.90. The highest BCUT2D eigenvalue weighted by atomic mass is 16.5. The van der Waals surface area contributed by atoms with Gasteiger partial charge in [0.2, 0.25) is 0 Å². The first kappa shape index (κ1) is 14.1. The van der Waals surface area contributed by atoms with E-state index in [1.54, 1.807) is 12.3 Å². The molecule has 0 unspecified atom stereocenters. The molecule has 4 nitrogen and oxygen atoms in total. The van der Waals surface area contributed by atoms with Crippen molar-refractivity contribution in [1.29, 1.82) is 0 Å². The molecule has 2 rings (SSSR count). The summed E-state index contributed by atoms with van der Waals surface area (Å²) >= 11 is 0. The van der Waals surface area contributed by atoms with Crippen LogP contribution in [0.2, 0.25) is 0 Å². The molecule has 4 heteroatoms. The van der Waals surface area contributed by atoms with E-state index in [4.69, 9.17) is 0 Å². The van der Waals surface area contributed by atoms with Crippen molar-refractivity contribution in [3.63, 3.8) is 0 Å². The number of hydroxylamine groups is 1. The summed E-state index contributed by atoms with van der Waals surface area (Å²) in [6, 6.07) is 11.6. The van der Waals surface area contributed by atoms with Gasteiger partial charge in [-0.1, -0.05) is 30.4 Å². The molecule has 2 heterocycles. The number of hydrogen-bond acceptors (Lipinski definition) is 4. The van der Waals surface area contributed by atoms with Gasteiger partial charge in [0, 0.05) is 12.7 Å². The Morgan fingerprint density at radius 2 is 2.05 bits per heavy atom. The molecule has 1 N–H and O–H groups in total. The Morgan fingerprint density at radius 3 is 2.80 bits per heavy atom. The van der Waals surface area contributed by atoms with Gasteiger partial charge < -0.3 is 10.7 Å². The van der Waals surface area contributed by atoms with Crippen LogP contribution in [0.15, 0.2) is 60.8 Å². The summed E-state index contributed by atoms with van der Waals surface area (Å²) in [5.74, 6) is 0. The highest BCUT2D eigenvalue weighted by Crippen LogP contribution is 2.17. The van der Waals surface area contributed by atoms with E-state index in [1.165, 1.54) is 0 Å². The molecule has 0 aliphatic heterocycles. The standard InChI is InChI=1S/C16H16N3O/c1-13(7-2-5-12-18-20)14-9-6-10-16(19-14)15-8-3-4-11-17-15/h2-11,18H,12H2,1H3/q-1/b5-2-,13-7+. The van der Waals surface area contributed by atoms with Gasteiger partial charge in [-0.05, 0) is 36.8 Å². The number of rotatable bonds is 5. The van der Waals surface area contributed by atoms with Crippen molar-refractivity contribution in [3.8, 4) is 11.4 Å². The van der Waals surface area contributed by atoms with Crippen molar-refractivity contribution in [2.24, 2.45) is 0 Å². The first-order chi connectivity index (χ1) is 9.81. The Hall–Kier alpha value is -2.30. The van der Waals surface area contributed by atoms with Crippen molar-refractivity contribution in [3.05, 3.63) is 71.7 Å². The van der Waals surface area contributed by atoms with Gasteiger partial charge in [0.15, 0.2) is 0 Å². The van der Waals surface area contributed by atoms with E-state index < -0.39 is 0 Å². The van der Waals surface area contributed by atoms with Crippen molar-refractivity contribution < 1.29 is 0 Å². The highest BCUT2D eigenvalue weighted by Gasteiger charge is 2.02. The lowest BCUT2D eigenvalue weighted by atomic mass is 10.1. The topological polar surface area (TPSA) is 60.9 Å². The normalized spacial score (nSPS) is 12.0. The molecule has 2 aromatic rings. The zero-order valence-corrected chi connectivity index (χ0v) is 11.3. The maximum Gasteiger partial charge on any atom is 0.0893 e. The lowest BCUT2D eigenvalue weighted by molar-refractivity contribution is 0.995. The van der Waals surface area contributed by atoms with E-state index in [-0.39, 0.29) is 0 Å². The molecule has 0 fully saturated rings. The van der Waals surface area contributed by atoms with E-state index in [1.807, 2.05) is 61.0 Å². The van der Waals surface area contributed by atoms with Crippen molar-refractivity contribution in [1.82, 2.24) is 15.4 Å². The Bertz CT molecular complexity index is 606. The summed E-state index contributed by atoms with van der Waals surface area (Å²) < 4.78 is 0. The second-order valence-corrected chi connectivity index (χ2v) is 4.25. The fourth-order valence-electron chi connectivity index (χ4n) is 1.73. The molecule has 0 atom stereocenters. The highest BCUT2D eigenvalue weighted by molar-refractivity contribution is 5.65. The molecule has 0 saturated carbocycles. The second kappa shape index (κ2) is 7.33. The summed E-state index contributed by atoms with van der Waals surface area (Å²) in [5, 5.41) is 10.1. The Balaban J connectivity index is 2.22. The molecule has 0 aliphatic carbocycles. The maximum absolute atomic E-state index is 10.1. The van der Waals surface area contributed by atoms with Crippen LogP contribution in [0.5, 0.6) is 0 Å². The third-order valence-electron chi connectivity index (χ3n) is 2.76. The molecule has 20 heavy (non-hydrogen) atoms. The van der Waals surface area contributed by atoms with Gasteiger partial charge in [-0.2, -0.15) is 0 Å². The van der Waals surface area contributed by atoms with Crippen LogP contribution in [0.1, 0.15) is 12.6 Å². The lowest BCUT2D eigenvalue weighted by Gasteiger charge is -2.04. The average Bonchev–Trinajstić information content (AvgIpc) is 2.52. The van der Waals surface area contributed by atoms with Crippen molar-refractivity contribution in [2.45, 2.75) is 6.92 Å². The van der Waals surface area contributed by atoms with Crippen LogP contribution in [0.3, 0.4) is 0 Å². The second-order valence-electron chi connectivity index (χ2n) is 4.25. The zero-order valence-electron chi connectivity index (χ0n) is 11.3. The van der Waals surface area contributed by atoms with Gasteiger partial charge in [-0.3, -0.25) is 4.98 Å². The number of allylic oxidation sites excluding steroid dienone is 3.